The van der Waals surface area contributed by atoms with E-state index in [0.29, 0.717) is 12.1 Å². The molecule has 0 radical (unpaired) electrons. The molecule has 2 atom stereocenters. The predicted molar refractivity (Wildman–Crippen MR) is 69.6 cm³/mol. The Morgan fingerprint density at radius 2 is 2.19 bits per heavy atom. The van der Waals surface area contributed by atoms with Crippen molar-refractivity contribution in [3.8, 4) is 0 Å². The molecule has 1 aliphatic rings. The van der Waals surface area contributed by atoms with Gasteiger partial charge < -0.3 is 5.32 Å². The summed E-state index contributed by atoms with van der Waals surface area (Å²) in [5.74, 6) is 0. The second kappa shape index (κ2) is 5.49. The van der Waals surface area contributed by atoms with Crippen LogP contribution < -0.4 is 5.32 Å². The van der Waals surface area contributed by atoms with Gasteiger partial charge in [-0.1, -0.05) is 44.0 Å². The number of unbranched alkanes of at least 4 members (excludes halogenated alkanes) is 1. The van der Waals surface area contributed by atoms with Gasteiger partial charge >= 0.3 is 0 Å². The number of hydrogen-bond donors (Lipinski definition) is 1. The van der Waals surface area contributed by atoms with E-state index in [1.165, 1.54) is 37.7 Å². The topological polar surface area (TPSA) is 12.0 Å². The maximum atomic E-state index is 3.77. The van der Waals surface area contributed by atoms with Crippen LogP contribution >= 0.6 is 0 Å². The lowest BCUT2D eigenvalue weighted by atomic mass is 10.1. The highest BCUT2D eigenvalue weighted by molar-refractivity contribution is 5.34. The number of hydrogen-bond acceptors (Lipinski definition) is 1. The van der Waals surface area contributed by atoms with E-state index in [9.17, 15) is 0 Å². The molecule has 0 amide bonds. The maximum absolute atomic E-state index is 3.77. The molecule has 2 unspecified atom stereocenters. The molecule has 1 aliphatic carbocycles. The average Bonchev–Trinajstić information content (AvgIpc) is 2.70. The quantitative estimate of drug-likeness (QED) is 0.790. The summed E-state index contributed by atoms with van der Waals surface area (Å²) in [7, 11) is 0. The van der Waals surface area contributed by atoms with Crippen LogP contribution in [0.25, 0.3) is 0 Å². The van der Waals surface area contributed by atoms with Crippen LogP contribution in [0.4, 0.5) is 0 Å². The normalized spacial score (nSPS) is 20.8. The molecule has 0 bridgehead atoms. The smallest absolute Gasteiger partial charge is 0.0328 e. The van der Waals surface area contributed by atoms with Crippen LogP contribution in [0.1, 0.15) is 56.7 Å². The minimum atomic E-state index is 0.600. The molecule has 0 saturated heterocycles. The second-order valence-electron chi connectivity index (χ2n) is 5.00. The summed E-state index contributed by atoms with van der Waals surface area (Å²) in [6, 6.07) is 10.1. The molecular weight excluding hydrogens is 194 g/mol. The lowest BCUT2D eigenvalue weighted by Crippen LogP contribution is -2.29. The van der Waals surface area contributed by atoms with Crippen molar-refractivity contribution >= 4 is 0 Å². The second-order valence-corrected chi connectivity index (χ2v) is 5.00. The van der Waals surface area contributed by atoms with E-state index in [1.54, 1.807) is 5.56 Å². The minimum absolute atomic E-state index is 0.600. The van der Waals surface area contributed by atoms with Crippen molar-refractivity contribution < 1.29 is 0 Å². The molecule has 0 spiro atoms. The summed E-state index contributed by atoms with van der Waals surface area (Å²) in [4.78, 5) is 0. The largest absolute Gasteiger partial charge is 0.307 e. The maximum Gasteiger partial charge on any atom is 0.0328 e. The van der Waals surface area contributed by atoms with E-state index in [-0.39, 0.29) is 0 Å². The Balaban J connectivity index is 1.92. The summed E-state index contributed by atoms with van der Waals surface area (Å²) in [6.07, 6.45) is 6.45. The van der Waals surface area contributed by atoms with Gasteiger partial charge in [0.25, 0.3) is 0 Å². The SMILES string of the molecule is CCCCC(C)NC1CCc2ccccc21. The number of nitrogens with one attached hydrogen (secondary N) is 1. The lowest BCUT2D eigenvalue weighted by molar-refractivity contribution is 0.424. The number of aryl methyl sites for hydroxylation is 1. The predicted octanol–water partition coefficient (Wildman–Crippen LogP) is 3.84. The number of benzene rings is 1. The molecular formula is C15H23N. The summed E-state index contributed by atoms with van der Waals surface area (Å²) in [5, 5.41) is 3.77. The summed E-state index contributed by atoms with van der Waals surface area (Å²) in [6.45, 7) is 4.58. The molecule has 0 heterocycles. The van der Waals surface area contributed by atoms with Crippen molar-refractivity contribution in [2.75, 3.05) is 0 Å². The van der Waals surface area contributed by atoms with Crippen molar-refractivity contribution in [1.82, 2.24) is 5.32 Å². The van der Waals surface area contributed by atoms with Crippen molar-refractivity contribution in [2.24, 2.45) is 0 Å². The molecule has 2 rings (SSSR count). The van der Waals surface area contributed by atoms with Gasteiger partial charge in [-0.15, -0.1) is 0 Å². The fourth-order valence-corrected chi connectivity index (χ4v) is 2.67. The minimum Gasteiger partial charge on any atom is -0.307 e. The van der Waals surface area contributed by atoms with Gasteiger partial charge in [-0.25, -0.2) is 0 Å². The van der Waals surface area contributed by atoms with Crippen LogP contribution in [0, 0.1) is 0 Å². The molecule has 1 aromatic rings. The Morgan fingerprint density at radius 1 is 1.38 bits per heavy atom. The van der Waals surface area contributed by atoms with E-state index >= 15 is 0 Å². The van der Waals surface area contributed by atoms with Crippen molar-refractivity contribution in [2.45, 2.75) is 58.0 Å². The molecule has 1 N–H and O–H groups in total. The van der Waals surface area contributed by atoms with Crippen LogP contribution in [0.15, 0.2) is 24.3 Å². The molecule has 0 aromatic heterocycles. The molecule has 16 heavy (non-hydrogen) atoms. The Hall–Kier alpha value is -0.820. The van der Waals surface area contributed by atoms with Gasteiger partial charge in [-0.05, 0) is 37.3 Å². The number of rotatable bonds is 5. The van der Waals surface area contributed by atoms with Crippen LogP contribution in [0.3, 0.4) is 0 Å². The zero-order valence-electron chi connectivity index (χ0n) is 10.5. The molecule has 1 heteroatoms. The third-order valence-electron chi connectivity index (χ3n) is 3.61. The fraction of sp³-hybridized carbons (Fsp3) is 0.600. The Labute approximate surface area is 99.3 Å². The van der Waals surface area contributed by atoms with Crippen molar-refractivity contribution in [3.05, 3.63) is 35.4 Å². The molecule has 88 valence electrons. The van der Waals surface area contributed by atoms with Crippen LogP contribution in [0.5, 0.6) is 0 Å². The first-order valence-electron chi connectivity index (χ1n) is 6.65. The van der Waals surface area contributed by atoms with Gasteiger partial charge in [0.15, 0.2) is 0 Å². The van der Waals surface area contributed by atoms with Crippen molar-refractivity contribution in [1.29, 1.82) is 0 Å². The van der Waals surface area contributed by atoms with Gasteiger partial charge in [0.2, 0.25) is 0 Å². The highest BCUT2D eigenvalue weighted by Crippen LogP contribution is 2.31. The Kier molecular flexibility index (Phi) is 4.00. The number of fused-ring (bicyclic) bond motifs is 1. The molecule has 1 aromatic carbocycles. The first kappa shape index (κ1) is 11.7. The summed E-state index contributed by atoms with van der Waals surface area (Å²) in [5.41, 5.74) is 3.08. The summed E-state index contributed by atoms with van der Waals surface area (Å²) < 4.78 is 0. The molecule has 0 fully saturated rings. The first-order valence-corrected chi connectivity index (χ1v) is 6.65. The van der Waals surface area contributed by atoms with Gasteiger partial charge in [0.1, 0.15) is 0 Å². The zero-order valence-corrected chi connectivity index (χ0v) is 10.5. The lowest BCUT2D eigenvalue weighted by Gasteiger charge is -2.20. The third kappa shape index (κ3) is 2.65. The molecule has 0 saturated carbocycles. The Bertz CT molecular complexity index is 332. The third-order valence-corrected chi connectivity index (χ3v) is 3.61. The Morgan fingerprint density at radius 3 is 3.00 bits per heavy atom. The first-order chi connectivity index (χ1) is 7.81. The highest BCUT2D eigenvalue weighted by Gasteiger charge is 2.22. The summed E-state index contributed by atoms with van der Waals surface area (Å²) >= 11 is 0. The fourth-order valence-electron chi connectivity index (χ4n) is 2.67. The van der Waals surface area contributed by atoms with Gasteiger partial charge in [0.05, 0.1) is 0 Å². The van der Waals surface area contributed by atoms with Crippen LogP contribution in [-0.2, 0) is 6.42 Å². The van der Waals surface area contributed by atoms with E-state index in [4.69, 9.17) is 0 Å². The van der Waals surface area contributed by atoms with Gasteiger partial charge in [-0.2, -0.15) is 0 Å². The molecule has 1 nitrogen and oxygen atoms in total. The standard InChI is InChI=1S/C15H23N/c1-3-4-7-12(2)16-15-11-10-13-8-5-6-9-14(13)15/h5-6,8-9,12,15-16H,3-4,7,10-11H2,1-2H3. The van der Waals surface area contributed by atoms with E-state index in [1.807, 2.05) is 0 Å². The monoisotopic (exact) mass is 217 g/mol. The van der Waals surface area contributed by atoms with Crippen LogP contribution in [-0.4, -0.2) is 6.04 Å². The average molecular weight is 217 g/mol. The highest BCUT2D eigenvalue weighted by atomic mass is 14.9. The zero-order chi connectivity index (χ0) is 11.4. The van der Waals surface area contributed by atoms with Gasteiger partial charge in [-0.3, -0.25) is 0 Å². The van der Waals surface area contributed by atoms with Gasteiger partial charge in [0, 0.05) is 12.1 Å². The van der Waals surface area contributed by atoms with E-state index < -0.39 is 0 Å². The van der Waals surface area contributed by atoms with Crippen LogP contribution in [0.2, 0.25) is 0 Å². The van der Waals surface area contributed by atoms with Crippen molar-refractivity contribution in [3.63, 3.8) is 0 Å². The van der Waals surface area contributed by atoms with E-state index in [0.717, 1.165) is 0 Å². The van der Waals surface area contributed by atoms with E-state index in [2.05, 4.69) is 43.4 Å². The molecule has 0 aliphatic heterocycles.